The van der Waals surface area contributed by atoms with Crippen LogP contribution in [0, 0.1) is 0 Å². The zero-order chi connectivity index (χ0) is 18.2. The summed E-state index contributed by atoms with van der Waals surface area (Å²) in [6.07, 6.45) is 6.50. The fraction of sp³-hybridized carbons (Fsp3) is 0.727. The van der Waals surface area contributed by atoms with Crippen molar-refractivity contribution < 1.29 is 4.74 Å². The van der Waals surface area contributed by atoms with Gasteiger partial charge in [-0.25, -0.2) is 0 Å². The lowest BCUT2D eigenvalue weighted by Gasteiger charge is -2.32. The Labute approximate surface area is 172 Å². The molecular formula is C22H38ClN3O. The van der Waals surface area contributed by atoms with Crippen LogP contribution in [-0.4, -0.2) is 74.2 Å². The minimum absolute atomic E-state index is 0. The predicted octanol–water partition coefficient (Wildman–Crippen LogP) is 3.67. The van der Waals surface area contributed by atoms with Gasteiger partial charge in [-0.2, -0.15) is 0 Å². The molecule has 0 spiro atoms. The average molecular weight is 396 g/mol. The van der Waals surface area contributed by atoms with Crippen LogP contribution >= 0.6 is 12.4 Å². The smallest absolute Gasteiger partial charge is 0.123 e. The van der Waals surface area contributed by atoms with Crippen LogP contribution in [0.2, 0.25) is 0 Å². The van der Waals surface area contributed by atoms with Gasteiger partial charge in [0, 0.05) is 38.3 Å². The normalized spacial score (nSPS) is 19.6. The molecule has 1 aromatic carbocycles. The van der Waals surface area contributed by atoms with E-state index >= 15 is 0 Å². The third kappa shape index (κ3) is 7.26. The molecule has 0 aliphatic carbocycles. The largest absolute Gasteiger partial charge is 0.494 e. The first kappa shape index (κ1) is 22.5. The van der Waals surface area contributed by atoms with Crippen molar-refractivity contribution in [1.29, 1.82) is 0 Å². The fourth-order valence-electron chi connectivity index (χ4n) is 4.14. The van der Waals surface area contributed by atoms with Crippen molar-refractivity contribution in [3.05, 3.63) is 29.3 Å². The number of hydrogen-bond donors (Lipinski definition) is 0. The molecule has 5 heteroatoms. The molecule has 0 radical (unpaired) electrons. The van der Waals surface area contributed by atoms with E-state index in [1.807, 2.05) is 0 Å². The summed E-state index contributed by atoms with van der Waals surface area (Å²) in [7, 11) is 2.22. The van der Waals surface area contributed by atoms with Crippen molar-refractivity contribution in [2.24, 2.45) is 0 Å². The molecule has 4 nitrogen and oxygen atoms in total. The number of halogens is 1. The molecule has 0 aromatic heterocycles. The quantitative estimate of drug-likeness (QED) is 0.668. The average Bonchev–Trinajstić information content (AvgIpc) is 2.66. The van der Waals surface area contributed by atoms with Gasteiger partial charge in [-0.15, -0.1) is 12.4 Å². The highest BCUT2D eigenvalue weighted by atomic mass is 35.5. The van der Waals surface area contributed by atoms with Gasteiger partial charge in [-0.3, -0.25) is 4.90 Å². The Bertz CT molecular complexity index is 540. The molecule has 2 saturated heterocycles. The number of rotatable bonds is 8. The highest BCUT2D eigenvalue weighted by Gasteiger charge is 2.15. The molecule has 154 valence electrons. The second-order valence-corrected chi connectivity index (χ2v) is 7.96. The number of nitrogens with zero attached hydrogens (tertiary/aromatic N) is 3. The van der Waals surface area contributed by atoms with Crippen molar-refractivity contribution in [1.82, 2.24) is 14.7 Å². The fourth-order valence-corrected chi connectivity index (χ4v) is 4.14. The lowest BCUT2D eigenvalue weighted by Crippen LogP contribution is -2.44. The summed E-state index contributed by atoms with van der Waals surface area (Å²) in [5.74, 6) is 1.08. The van der Waals surface area contributed by atoms with E-state index in [0.717, 1.165) is 18.9 Å². The Hall–Kier alpha value is -0.810. The maximum absolute atomic E-state index is 5.90. The van der Waals surface area contributed by atoms with Gasteiger partial charge in [0.1, 0.15) is 5.75 Å². The van der Waals surface area contributed by atoms with Crippen molar-refractivity contribution >= 4 is 12.4 Å². The van der Waals surface area contributed by atoms with Crippen LogP contribution in [0.4, 0.5) is 0 Å². The van der Waals surface area contributed by atoms with Crippen molar-refractivity contribution in [3.8, 4) is 5.75 Å². The van der Waals surface area contributed by atoms with Crippen LogP contribution < -0.4 is 4.74 Å². The number of aryl methyl sites for hydroxylation is 1. The van der Waals surface area contributed by atoms with Crippen LogP contribution in [0.3, 0.4) is 0 Å². The molecule has 2 fully saturated rings. The summed E-state index contributed by atoms with van der Waals surface area (Å²) in [6.45, 7) is 12.4. The molecule has 0 saturated carbocycles. The number of hydrogen-bond acceptors (Lipinski definition) is 4. The second-order valence-electron chi connectivity index (χ2n) is 7.96. The maximum atomic E-state index is 5.90. The number of benzene rings is 1. The molecule has 27 heavy (non-hydrogen) atoms. The van der Waals surface area contributed by atoms with Gasteiger partial charge in [0.05, 0.1) is 6.61 Å². The molecule has 2 aliphatic rings. The van der Waals surface area contributed by atoms with E-state index in [9.17, 15) is 0 Å². The molecule has 3 rings (SSSR count). The van der Waals surface area contributed by atoms with Crippen LogP contribution in [0.5, 0.6) is 5.75 Å². The lowest BCUT2D eigenvalue weighted by molar-refractivity contribution is 0.153. The van der Waals surface area contributed by atoms with E-state index in [4.69, 9.17) is 4.74 Å². The zero-order valence-corrected chi connectivity index (χ0v) is 18.1. The van der Waals surface area contributed by atoms with E-state index in [1.165, 1.54) is 89.0 Å². The van der Waals surface area contributed by atoms with E-state index in [1.54, 1.807) is 0 Å². The topological polar surface area (TPSA) is 19.0 Å². The van der Waals surface area contributed by atoms with Crippen LogP contribution in [0.25, 0.3) is 0 Å². The highest BCUT2D eigenvalue weighted by Crippen LogP contribution is 2.24. The number of piperidine rings is 1. The van der Waals surface area contributed by atoms with Crippen LogP contribution in [0.1, 0.15) is 43.7 Å². The number of piperazine rings is 1. The minimum Gasteiger partial charge on any atom is -0.494 e. The minimum atomic E-state index is 0. The predicted molar refractivity (Wildman–Crippen MR) is 116 cm³/mol. The molecule has 0 N–H and O–H groups in total. The molecule has 0 amide bonds. The van der Waals surface area contributed by atoms with Crippen LogP contribution in [-0.2, 0) is 13.0 Å². The first-order valence-corrected chi connectivity index (χ1v) is 10.6. The summed E-state index contributed by atoms with van der Waals surface area (Å²) in [4.78, 5) is 7.63. The third-order valence-electron chi connectivity index (χ3n) is 5.80. The molecule has 2 aliphatic heterocycles. The van der Waals surface area contributed by atoms with Gasteiger partial charge >= 0.3 is 0 Å². The Balaban J connectivity index is 0.00000261. The Morgan fingerprint density at radius 3 is 2.37 bits per heavy atom. The molecular weight excluding hydrogens is 358 g/mol. The third-order valence-corrected chi connectivity index (χ3v) is 5.80. The molecule has 2 heterocycles. The van der Waals surface area contributed by atoms with Gasteiger partial charge in [0.2, 0.25) is 0 Å². The molecule has 0 atom stereocenters. The van der Waals surface area contributed by atoms with Gasteiger partial charge in [0.15, 0.2) is 0 Å². The Kier molecular flexibility index (Phi) is 9.91. The number of likely N-dealkylation sites (tertiary alicyclic amines) is 1. The highest BCUT2D eigenvalue weighted by molar-refractivity contribution is 5.85. The summed E-state index contributed by atoms with van der Waals surface area (Å²) >= 11 is 0. The van der Waals surface area contributed by atoms with Gasteiger partial charge in [-0.05, 0) is 70.9 Å². The Morgan fingerprint density at radius 1 is 0.926 bits per heavy atom. The number of ether oxygens (including phenoxy) is 1. The van der Waals surface area contributed by atoms with Crippen LogP contribution in [0.15, 0.2) is 18.2 Å². The molecule has 0 bridgehead atoms. The van der Waals surface area contributed by atoms with Crippen molar-refractivity contribution in [2.75, 3.05) is 59.5 Å². The van der Waals surface area contributed by atoms with Gasteiger partial charge < -0.3 is 14.5 Å². The molecule has 0 unspecified atom stereocenters. The first-order valence-electron chi connectivity index (χ1n) is 10.6. The summed E-state index contributed by atoms with van der Waals surface area (Å²) in [6, 6.07) is 6.88. The SMILES string of the molecule is CCOc1ccc(CCCN2CCN(C)CC2)cc1CN1CCCCC1.Cl. The summed E-state index contributed by atoms with van der Waals surface area (Å²) in [5.41, 5.74) is 2.85. The number of likely N-dealkylation sites (N-methyl/N-ethyl adjacent to an activating group) is 1. The van der Waals surface area contributed by atoms with Crippen molar-refractivity contribution in [3.63, 3.8) is 0 Å². The zero-order valence-electron chi connectivity index (χ0n) is 17.3. The second kappa shape index (κ2) is 11.9. The standard InChI is InChI=1S/C22H37N3O.ClH/c1-3-26-22-10-9-20(8-7-13-24-16-14-23(2)15-17-24)18-21(22)19-25-11-5-4-6-12-25;/h9-10,18H,3-8,11-17,19H2,1-2H3;1H. The summed E-state index contributed by atoms with van der Waals surface area (Å²) in [5, 5.41) is 0. The van der Waals surface area contributed by atoms with Crippen molar-refractivity contribution in [2.45, 2.75) is 45.6 Å². The summed E-state index contributed by atoms with van der Waals surface area (Å²) < 4.78 is 5.90. The van der Waals surface area contributed by atoms with Gasteiger partial charge in [0.25, 0.3) is 0 Å². The monoisotopic (exact) mass is 395 g/mol. The van der Waals surface area contributed by atoms with Gasteiger partial charge in [-0.1, -0.05) is 18.6 Å². The lowest BCUT2D eigenvalue weighted by atomic mass is 10.0. The van der Waals surface area contributed by atoms with E-state index in [0.29, 0.717) is 0 Å². The van der Waals surface area contributed by atoms with E-state index in [2.05, 4.69) is 46.9 Å². The Morgan fingerprint density at radius 2 is 1.67 bits per heavy atom. The van der Waals surface area contributed by atoms with E-state index in [-0.39, 0.29) is 12.4 Å². The molecule has 1 aromatic rings. The van der Waals surface area contributed by atoms with E-state index < -0.39 is 0 Å². The maximum Gasteiger partial charge on any atom is 0.123 e. The first-order chi connectivity index (χ1) is 12.7.